The highest BCUT2D eigenvalue weighted by molar-refractivity contribution is 6.30. The van der Waals surface area contributed by atoms with Crippen molar-refractivity contribution in [2.45, 2.75) is 44.9 Å². The number of nitrogens with one attached hydrogen (secondary N) is 2. The van der Waals surface area contributed by atoms with E-state index in [9.17, 15) is 19.2 Å². The Bertz CT molecular complexity index is 1520. The second-order valence-electron chi connectivity index (χ2n) is 10.5. The molecule has 0 aliphatic carbocycles. The molecule has 0 radical (unpaired) electrons. The molecule has 2 N–H and O–H groups in total. The van der Waals surface area contributed by atoms with Crippen molar-refractivity contribution in [2.24, 2.45) is 0 Å². The van der Waals surface area contributed by atoms with E-state index in [-0.39, 0.29) is 29.9 Å². The van der Waals surface area contributed by atoms with E-state index < -0.39 is 47.0 Å². The Morgan fingerprint density at radius 1 is 1.05 bits per heavy atom. The Labute approximate surface area is 241 Å². The van der Waals surface area contributed by atoms with E-state index in [1.54, 1.807) is 45.0 Å². The fraction of sp³-hybridized carbons (Fsp3) is 0.310. The number of anilines is 2. The number of aromatic nitrogens is 1. The Kier molecular flexibility index (Phi) is 8.79. The number of hydrogen-bond donors (Lipinski definition) is 2. The third kappa shape index (κ3) is 7.11. The molecule has 2 atom stereocenters. The summed E-state index contributed by atoms with van der Waals surface area (Å²) in [7, 11) is 1.48. The van der Waals surface area contributed by atoms with Crippen LogP contribution in [0, 0.1) is 5.82 Å². The minimum absolute atomic E-state index is 0.139. The third-order valence-electron chi connectivity index (χ3n) is 6.31. The Morgan fingerprint density at radius 3 is 2.39 bits per heavy atom. The van der Waals surface area contributed by atoms with Gasteiger partial charge in [-0.2, -0.15) is 0 Å². The van der Waals surface area contributed by atoms with Gasteiger partial charge in [-0.3, -0.25) is 14.2 Å². The maximum atomic E-state index is 15.2. The summed E-state index contributed by atoms with van der Waals surface area (Å²) in [6.07, 6.45) is 1.21. The number of benzene rings is 2. The van der Waals surface area contributed by atoms with Gasteiger partial charge < -0.3 is 25.0 Å². The fourth-order valence-corrected chi connectivity index (χ4v) is 4.45. The molecule has 0 saturated carbocycles. The molecule has 12 heteroatoms. The number of halogens is 2. The van der Waals surface area contributed by atoms with Crippen LogP contribution in [0.25, 0.3) is 5.69 Å². The van der Waals surface area contributed by atoms with Crippen LogP contribution in [0.2, 0.25) is 5.02 Å². The van der Waals surface area contributed by atoms with Gasteiger partial charge in [0.2, 0.25) is 5.91 Å². The van der Waals surface area contributed by atoms with Crippen LogP contribution in [0.3, 0.4) is 0 Å². The van der Waals surface area contributed by atoms with Crippen molar-refractivity contribution in [3.63, 3.8) is 0 Å². The van der Waals surface area contributed by atoms with Crippen LogP contribution in [0.15, 0.2) is 65.6 Å². The van der Waals surface area contributed by atoms with Crippen molar-refractivity contribution in [1.29, 1.82) is 0 Å². The zero-order chi connectivity index (χ0) is 29.9. The van der Waals surface area contributed by atoms with Crippen LogP contribution in [-0.4, -0.2) is 58.8 Å². The van der Waals surface area contributed by atoms with Crippen LogP contribution >= 0.6 is 11.6 Å². The first-order valence-corrected chi connectivity index (χ1v) is 13.2. The quantitative estimate of drug-likeness (QED) is 0.400. The molecule has 1 saturated heterocycles. The normalized spacial score (nSPS) is 16.8. The highest BCUT2D eigenvalue weighted by Crippen LogP contribution is 2.25. The highest BCUT2D eigenvalue weighted by atomic mass is 35.5. The number of nitrogens with zero attached hydrogens (tertiary/aromatic N) is 2. The van der Waals surface area contributed by atoms with Crippen LogP contribution in [0.4, 0.5) is 20.6 Å². The van der Waals surface area contributed by atoms with Crippen LogP contribution in [0.1, 0.15) is 37.6 Å². The maximum Gasteiger partial charge on any atom is 0.344 e. The molecule has 4 rings (SSSR count). The Morgan fingerprint density at radius 2 is 1.76 bits per heavy atom. The van der Waals surface area contributed by atoms with Gasteiger partial charge in [-0.25, -0.2) is 14.0 Å². The molecule has 3 amide bonds. The number of methoxy groups -OCH3 is 1. The zero-order valence-corrected chi connectivity index (χ0v) is 23.7. The summed E-state index contributed by atoms with van der Waals surface area (Å²) in [5.41, 5.74) is -1.20. The molecule has 0 bridgehead atoms. The molecule has 2 aromatic carbocycles. The summed E-state index contributed by atoms with van der Waals surface area (Å²) in [5, 5.41) is 5.77. The average molecular weight is 585 g/mol. The summed E-state index contributed by atoms with van der Waals surface area (Å²) in [4.78, 5) is 52.9. The number of likely N-dealkylation sites (tertiary alicyclic amines) is 1. The molecule has 0 unspecified atom stereocenters. The highest BCUT2D eigenvalue weighted by Gasteiger charge is 2.40. The molecular weight excluding hydrogens is 555 g/mol. The van der Waals surface area contributed by atoms with Gasteiger partial charge in [-0.15, -0.1) is 0 Å². The van der Waals surface area contributed by atoms with Gasteiger partial charge in [-0.1, -0.05) is 11.6 Å². The monoisotopic (exact) mass is 584 g/mol. The van der Waals surface area contributed by atoms with E-state index in [1.807, 2.05) is 0 Å². The lowest BCUT2D eigenvalue weighted by atomic mass is 10.1. The number of urea groups is 1. The summed E-state index contributed by atoms with van der Waals surface area (Å²) in [6, 6.07) is 11.7. The first kappa shape index (κ1) is 29.8. The number of carbonyl (C=O) groups excluding carboxylic acids is 3. The molecule has 1 aliphatic rings. The standard InChI is InChI=1S/C29H30ClFN4O6/c1-29(2,3)41-27(38)21-6-5-13-34(26(21)37)19-11-12-23(22(31)14-19)33-25(36)24-15-20(40-4)16-35(24)28(39)32-18-9-7-17(30)8-10-18/h5-14,20,24H,15-16H2,1-4H3,(H,32,39)(H,33,36)/t20-,24-/m1/s1. The SMILES string of the molecule is CO[C@@H]1C[C@H](C(=O)Nc2ccc(-n3cccc(C(=O)OC(C)(C)C)c3=O)cc2F)N(C(=O)Nc2ccc(Cl)cc2)C1. The van der Waals surface area contributed by atoms with Crippen molar-refractivity contribution in [3.8, 4) is 5.69 Å². The fourth-order valence-electron chi connectivity index (χ4n) is 4.33. The zero-order valence-electron chi connectivity index (χ0n) is 22.9. The minimum atomic E-state index is -0.931. The Hall–Kier alpha value is -4.22. The van der Waals surface area contributed by atoms with E-state index in [2.05, 4.69) is 10.6 Å². The van der Waals surface area contributed by atoms with Crippen molar-refractivity contribution >= 4 is 40.9 Å². The number of ether oxygens (including phenoxy) is 2. The van der Waals surface area contributed by atoms with Gasteiger partial charge in [0, 0.05) is 43.0 Å². The van der Waals surface area contributed by atoms with Crippen molar-refractivity contribution in [3.05, 3.63) is 87.6 Å². The number of esters is 1. The molecule has 3 aromatic rings. The molecule has 1 fully saturated rings. The minimum Gasteiger partial charge on any atom is -0.456 e. The predicted octanol–water partition coefficient (Wildman–Crippen LogP) is 4.85. The van der Waals surface area contributed by atoms with E-state index in [0.29, 0.717) is 10.7 Å². The van der Waals surface area contributed by atoms with Gasteiger partial charge in [0.25, 0.3) is 5.56 Å². The summed E-state index contributed by atoms with van der Waals surface area (Å²) < 4.78 is 26.9. The number of hydrogen-bond acceptors (Lipinski definition) is 6. The van der Waals surface area contributed by atoms with Gasteiger partial charge in [0.05, 0.1) is 17.5 Å². The molecule has 0 spiro atoms. The van der Waals surface area contributed by atoms with Gasteiger partial charge in [0.15, 0.2) is 0 Å². The third-order valence-corrected chi connectivity index (χ3v) is 6.56. The smallest absolute Gasteiger partial charge is 0.344 e. The second-order valence-corrected chi connectivity index (χ2v) is 10.9. The lowest BCUT2D eigenvalue weighted by molar-refractivity contribution is -0.119. The van der Waals surface area contributed by atoms with Gasteiger partial charge in [0.1, 0.15) is 23.0 Å². The van der Waals surface area contributed by atoms with Crippen molar-refractivity contribution < 1.29 is 28.2 Å². The molecule has 216 valence electrons. The van der Waals surface area contributed by atoms with E-state index in [1.165, 1.54) is 42.5 Å². The molecular formula is C29H30ClFN4O6. The maximum absolute atomic E-state index is 15.2. The van der Waals surface area contributed by atoms with Crippen LogP contribution in [-0.2, 0) is 14.3 Å². The number of amides is 3. The topological polar surface area (TPSA) is 119 Å². The first-order chi connectivity index (χ1) is 19.4. The molecule has 10 nitrogen and oxygen atoms in total. The molecule has 1 aliphatic heterocycles. The molecule has 2 heterocycles. The lowest BCUT2D eigenvalue weighted by Crippen LogP contribution is -2.45. The Balaban J connectivity index is 1.51. The summed E-state index contributed by atoms with van der Waals surface area (Å²) >= 11 is 5.90. The number of rotatable bonds is 6. The molecule has 1 aromatic heterocycles. The van der Waals surface area contributed by atoms with E-state index in [4.69, 9.17) is 21.1 Å². The van der Waals surface area contributed by atoms with Gasteiger partial charge >= 0.3 is 12.0 Å². The van der Waals surface area contributed by atoms with E-state index in [0.717, 1.165) is 10.6 Å². The summed E-state index contributed by atoms with van der Waals surface area (Å²) in [6.45, 7) is 5.20. The van der Waals surface area contributed by atoms with Crippen LogP contribution < -0.4 is 16.2 Å². The second kappa shape index (κ2) is 12.1. The number of carbonyl (C=O) groups is 3. The molecule has 41 heavy (non-hydrogen) atoms. The van der Waals surface area contributed by atoms with Crippen molar-refractivity contribution in [1.82, 2.24) is 9.47 Å². The van der Waals surface area contributed by atoms with E-state index >= 15 is 4.39 Å². The predicted molar refractivity (Wildman–Crippen MR) is 152 cm³/mol. The first-order valence-electron chi connectivity index (χ1n) is 12.8. The number of pyridine rings is 1. The summed E-state index contributed by atoms with van der Waals surface area (Å²) in [5.74, 6) is -2.22. The average Bonchev–Trinajstić information content (AvgIpc) is 3.35. The largest absolute Gasteiger partial charge is 0.456 e. The van der Waals surface area contributed by atoms with Crippen LogP contribution in [0.5, 0.6) is 0 Å². The lowest BCUT2D eigenvalue weighted by Gasteiger charge is -2.24. The van der Waals surface area contributed by atoms with Gasteiger partial charge in [-0.05, 0) is 69.3 Å². The van der Waals surface area contributed by atoms with Crippen molar-refractivity contribution in [2.75, 3.05) is 24.3 Å².